The molecule has 3 rings (SSSR count). The number of carbonyl (C=O) groups excluding carboxylic acids is 3. The number of amides is 3. The van der Waals surface area contributed by atoms with Gasteiger partial charge in [0.25, 0.3) is 11.8 Å². The number of ether oxygens (including phenoxy) is 3. The Morgan fingerprint density at radius 1 is 1.16 bits per heavy atom. The van der Waals surface area contributed by atoms with Gasteiger partial charge in [0.2, 0.25) is 5.91 Å². The largest absolute Gasteiger partial charge is 0.497 e. The molecule has 2 aromatic carbocycles. The summed E-state index contributed by atoms with van der Waals surface area (Å²) < 4.78 is 15.7. The molecule has 10 heteroatoms. The number of rotatable bonds is 8. The van der Waals surface area contributed by atoms with Crippen molar-refractivity contribution in [1.29, 1.82) is 0 Å². The monoisotopic (exact) mass is 461 g/mol. The van der Waals surface area contributed by atoms with Crippen LogP contribution in [0.2, 0.25) is 5.02 Å². The number of nitrogens with zero attached hydrogens (tertiary/aromatic N) is 1. The van der Waals surface area contributed by atoms with Crippen molar-refractivity contribution in [2.45, 2.75) is 18.9 Å². The number of halogens is 1. The fraction of sp³-hybridized carbons (Fsp3) is 0.318. The zero-order valence-corrected chi connectivity index (χ0v) is 18.5. The molecule has 0 saturated carbocycles. The third-order valence-corrected chi connectivity index (χ3v) is 5.29. The third kappa shape index (κ3) is 5.23. The van der Waals surface area contributed by atoms with Crippen molar-refractivity contribution in [3.8, 4) is 17.2 Å². The van der Waals surface area contributed by atoms with Crippen molar-refractivity contribution in [2.75, 3.05) is 32.7 Å². The Hall–Kier alpha value is -3.46. The third-order valence-electron chi connectivity index (χ3n) is 5.01. The van der Waals surface area contributed by atoms with Crippen LogP contribution in [0.25, 0.3) is 0 Å². The van der Waals surface area contributed by atoms with E-state index in [-0.39, 0.29) is 40.5 Å². The van der Waals surface area contributed by atoms with E-state index >= 15 is 0 Å². The minimum Gasteiger partial charge on any atom is -0.497 e. The predicted molar refractivity (Wildman–Crippen MR) is 118 cm³/mol. The second kappa shape index (κ2) is 10.2. The number of anilines is 1. The molecule has 3 N–H and O–H groups in total. The lowest BCUT2D eigenvalue weighted by molar-refractivity contribution is -0.120. The zero-order valence-electron chi connectivity index (χ0n) is 17.7. The highest BCUT2D eigenvalue weighted by Gasteiger charge is 2.35. The van der Waals surface area contributed by atoms with E-state index in [0.29, 0.717) is 30.8 Å². The van der Waals surface area contributed by atoms with E-state index in [1.54, 1.807) is 31.4 Å². The van der Waals surface area contributed by atoms with Crippen LogP contribution in [0.5, 0.6) is 17.2 Å². The van der Waals surface area contributed by atoms with E-state index in [4.69, 9.17) is 31.5 Å². The number of carbonyl (C=O) groups is 3. The fourth-order valence-corrected chi connectivity index (χ4v) is 3.74. The Labute approximate surface area is 190 Å². The van der Waals surface area contributed by atoms with E-state index in [0.717, 1.165) is 0 Å². The number of nitrogens with two attached hydrogens (primary N) is 1. The lowest BCUT2D eigenvalue weighted by Gasteiger charge is -2.24. The molecule has 3 amide bonds. The highest BCUT2D eigenvalue weighted by atomic mass is 35.5. The van der Waals surface area contributed by atoms with Gasteiger partial charge in [0.05, 0.1) is 19.2 Å². The molecule has 2 aromatic rings. The van der Waals surface area contributed by atoms with Crippen molar-refractivity contribution in [2.24, 2.45) is 5.73 Å². The molecule has 1 saturated heterocycles. The topological polar surface area (TPSA) is 120 Å². The van der Waals surface area contributed by atoms with Gasteiger partial charge in [-0.05, 0) is 49.2 Å². The highest BCUT2D eigenvalue weighted by molar-refractivity contribution is 6.32. The minimum atomic E-state index is -0.675. The van der Waals surface area contributed by atoms with Gasteiger partial charge < -0.3 is 30.2 Å². The molecule has 9 nitrogen and oxygen atoms in total. The summed E-state index contributed by atoms with van der Waals surface area (Å²) in [6.45, 7) is 0.0441. The van der Waals surface area contributed by atoms with Crippen molar-refractivity contribution in [3.63, 3.8) is 0 Å². The molecule has 1 aliphatic heterocycles. The highest BCUT2D eigenvalue weighted by Crippen LogP contribution is 2.37. The van der Waals surface area contributed by atoms with Crippen LogP contribution in [-0.4, -0.2) is 56.0 Å². The molecule has 1 heterocycles. The number of nitrogens with one attached hydrogen (secondary N) is 1. The van der Waals surface area contributed by atoms with Gasteiger partial charge in [-0.15, -0.1) is 0 Å². The first-order chi connectivity index (χ1) is 15.3. The first-order valence-electron chi connectivity index (χ1n) is 9.88. The predicted octanol–water partition coefficient (Wildman–Crippen LogP) is 2.46. The molecule has 1 atom stereocenters. The first-order valence-corrected chi connectivity index (χ1v) is 10.3. The molecule has 170 valence electrons. The molecule has 0 bridgehead atoms. The van der Waals surface area contributed by atoms with Gasteiger partial charge in [0.15, 0.2) is 18.1 Å². The SMILES string of the molecule is COc1ccc(NC(=O)C2CCCN2C(=O)c2cc(Cl)c(OCC(N)=O)c(OC)c2)cc1. The summed E-state index contributed by atoms with van der Waals surface area (Å²) in [5, 5.41) is 2.93. The van der Waals surface area contributed by atoms with Crippen LogP contribution in [0.3, 0.4) is 0 Å². The molecule has 0 radical (unpaired) electrons. The van der Waals surface area contributed by atoms with Crippen molar-refractivity contribution < 1.29 is 28.6 Å². The lowest BCUT2D eigenvalue weighted by Crippen LogP contribution is -2.43. The van der Waals surface area contributed by atoms with Crippen molar-refractivity contribution in [3.05, 3.63) is 47.0 Å². The summed E-state index contributed by atoms with van der Waals surface area (Å²) in [4.78, 5) is 38.6. The van der Waals surface area contributed by atoms with E-state index < -0.39 is 11.9 Å². The number of benzene rings is 2. The molecule has 1 unspecified atom stereocenters. The second-order valence-electron chi connectivity index (χ2n) is 7.12. The fourth-order valence-electron chi connectivity index (χ4n) is 3.47. The maximum atomic E-state index is 13.2. The Morgan fingerprint density at radius 3 is 2.50 bits per heavy atom. The zero-order chi connectivity index (χ0) is 23.3. The molecule has 0 spiro atoms. The Balaban J connectivity index is 1.77. The Morgan fingerprint density at radius 2 is 1.88 bits per heavy atom. The van der Waals surface area contributed by atoms with Crippen LogP contribution >= 0.6 is 11.6 Å². The van der Waals surface area contributed by atoms with Crippen LogP contribution < -0.4 is 25.3 Å². The van der Waals surface area contributed by atoms with Crippen LogP contribution in [0, 0.1) is 0 Å². The van der Waals surface area contributed by atoms with Gasteiger partial charge >= 0.3 is 0 Å². The van der Waals surface area contributed by atoms with Gasteiger partial charge in [-0.2, -0.15) is 0 Å². The average Bonchev–Trinajstić information content (AvgIpc) is 3.27. The lowest BCUT2D eigenvalue weighted by atomic mass is 10.1. The number of primary amides is 1. The number of hydrogen-bond acceptors (Lipinski definition) is 6. The first kappa shape index (κ1) is 23.2. The second-order valence-corrected chi connectivity index (χ2v) is 7.53. The molecule has 32 heavy (non-hydrogen) atoms. The number of hydrogen-bond donors (Lipinski definition) is 2. The van der Waals surface area contributed by atoms with E-state index in [2.05, 4.69) is 5.32 Å². The normalized spacial score (nSPS) is 15.2. The summed E-state index contributed by atoms with van der Waals surface area (Å²) in [7, 11) is 2.95. The quantitative estimate of drug-likeness (QED) is 0.623. The van der Waals surface area contributed by atoms with Gasteiger partial charge in [0.1, 0.15) is 11.8 Å². The van der Waals surface area contributed by atoms with Crippen LogP contribution in [0.15, 0.2) is 36.4 Å². The summed E-state index contributed by atoms with van der Waals surface area (Å²) in [5.41, 5.74) is 5.95. The molecule has 1 aliphatic rings. The standard InChI is InChI=1S/C22H24ClN3O6/c1-30-15-7-5-14(6-8-15)25-21(28)17-4-3-9-26(17)22(29)13-10-16(23)20(18(11-13)31-2)32-12-19(24)27/h5-8,10-11,17H,3-4,9,12H2,1-2H3,(H2,24,27)(H,25,28). The summed E-state index contributed by atoms with van der Waals surface area (Å²) in [6, 6.07) is 9.19. The Bertz CT molecular complexity index is 1010. The number of likely N-dealkylation sites (tertiary alicyclic amines) is 1. The maximum absolute atomic E-state index is 13.2. The molecular weight excluding hydrogens is 438 g/mol. The van der Waals surface area contributed by atoms with Crippen LogP contribution in [-0.2, 0) is 9.59 Å². The van der Waals surface area contributed by atoms with Gasteiger partial charge in [-0.25, -0.2) is 0 Å². The molecule has 1 fully saturated rings. The summed E-state index contributed by atoms with van der Waals surface area (Å²) >= 11 is 6.26. The van der Waals surface area contributed by atoms with E-state index in [1.165, 1.54) is 24.1 Å². The van der Waals surface area contributed by atoms with Gasteiger partial charge in [0, 0.05) is 17.8 Å². The van der Waals surface area contributed by atoms with Crippen molar-refractivity contribution >= 4 is 35.0 Å². The number of methoxy groups -OCH3 is 2. The molecule has 0 aliphatic carbocycles. The van der Waals surface area contributed by atoms with Crippen molar-refractivity contribution in [1.82, 2.24) is 4.90 Å². The average molecular weight is 462 g/mol. The molecule has 0 aromatic heterocycles. The smallest absolute Gasteiger partial charge is 0.255 e. The minimum absolute atomic E-state index is 0.0902. The Kier molecular flexibility index (Phi) is 7.42. The summed E-state index contributed by atoms with van der Waals surface area (Å²) in [6.07, 6.45) is 1.23. The van der Waals surface area contributed by atoms with Crippen LogP contribution in [0.4, 0.5) is 5.69 Å². The van der Waals surface area contributed by atoms with Gasteiger partial charge in [-0.1, -0.05) is 11.6 Å². The van der Waals surface area contributed by atoms with E-state index in [9.17, 15) is 14.4 Å². The molecular formula is C22H24ClN3O6. The van der Waals surface area contributed by atoms with Crippen LogP contribution in [0.1, 0.15) is 23.2 Å². The summed E-state index contributed by atoms with van der Waals surface area (Å²) in [5.74, 6) is -0.347. The van der Waals surface area contributed by atoms with Gasteiger partial charge in [-0.3, -0.25) is 14.4 Å². The van der Waals surface area contributed by atoms with E-state index in [1.807, 2.05) is 0 Å². The maximum Gasteiger partial charge on any atom is 0.255 e.